The Morgan fingerprint density at radius 2 is 0.831 bits per heavy atom. The molecule has 59 heavy (non-hydrogen) atoms. The molecule has 8 bridgehead atoms. The van der Waals surface area contributed by atoms with Gasteiger partial charge in [0.15, 0.2) is 0 Å². The lowest BCUT2D eigenvalue weighted by atomic mass is 9.35. The highest BCUT2D eigenvalue weighted by Crippen LogP contribution is 2.75. The maximum absolute atomic E-state index is 12.6. The van der Waals surface area contributed by atoms with Crippen LogP contribution >= 0.6 is 0 Å². The fraction of sp³-hybridized carbons (Fsp3) is 0.491. The highest BCUT2D eigenvalue weighted by atomic mass is 16.3. The lowest BCUT2D eigenvalue weighted by Crippen LogP contribution is -2.60. The minimum Gasteiger partial charge on any atom is -0.507 e. The predicted molar refractivity (Wildman–Crippen MR) is 245 cm³/mol. The third-order valence-electron chi connectivity index (χ3n) is 17.0. The third kappa shape index (κ3) is 5.96. The number of nitrogens with zero attached hydrogens (tertiary/aromatic N) is 1. The quantitative estimate of drug-likeness (QED) is 0.186. The molecule has 0 radical (unpaired) electrons. The van der Waals surface area contributed by atoms with E-state index in [2.05, 4.69) is 152 Å². The number of hydrogen-bond donors (Lipinski definition) is 1. The molecule has 8 saturated carbocycles. The first-order chi connectivity index (χ1) is 27.8. The lowest BCUT2D eigenvalue weighted by molar-refractivity contribution is -0.152. The molecule has 8 aliphatic carbocycles. The van der Waals surface area contributed by atoms with Gasteiger partial charge in [0.05, 0.1) is 11.4 Å². The summed E-state index contributed by atoms with van der Waals surface area (Å²) >= 11 is 0. The van der Waals surface area contributed by atoms with Crippen molar-refractivity contribution in [3.63, 3.8) is 0 Å². The van der Waals surface area contributed by atoms with E-state index < -0.39 is 0 Å². The molecule has 0 aliphatic heterocycles. The van der Waals surface area contributed by atoms with E-state index in [1.165, 1.54) is 105 Å². The van der Waals surface area contributed by atoms with E-state index in [1.807, 2.05) is 0 Å². The van der Waals surface area contributed by atoms with Crippen LogP contribution in [0.15, 0.2) is 97.1 Å². The average molecular weight is 780 g/mol. The summed E-state index contributed by atoms with van der Waals surface area (Å²) in [6.07, 6.45) is 15.6. The molecule has 0 amide bonds. The largest absolute Gasteiger partial charge is 0.507 e. The van der Waals surface area contributed by atoms with Crippen molar-refractivity contribution in [3.05, 3.63) is 119 Å². The molecule has 5 aromatic rings. The second kappa shape index (κ2) is 12.0. The zero-order chi connectivity index (χ0) is 41.0. The van der Waals surface area contributed by atoms with Crippen LogP contribution in [-0.4, -0.2) is 10.1 Å². The number of benzene rings is 4. The Kier molecular flexibility index (Phi) is 7.70. The second-order valence-corrected chi connectivity index (χ2v) is 24.3. The van der Waals surface area contributed by atoms with Gasteiger partial charge < -0.3 is 5.11 Å². The van der Waals surface area contributed by atoms with E-state index in [0.717, 1.165) is 33.6 Å². The molecule has 13 rings (SSSR count). The standard InChI is InChI=1S/C57H65NO/c1-37-20-39(24-40(21-37)56-31-50(3)25-51(4,32-56)27-52(5,26-50)33-56)41-14-9-11-16-43(41)47-18-13-19-48(58-47)44-17-12-10-15-42(44)45-22-38(2)23-46(49(45)59)57-34-53(6)28-54(7,35-57)30-55(8,29-53)36-57/h9-24,59H,25-36H2,1-8H3. The smallest absolute Gasteiger partial charge is 0.127 e. The molecule has 4 aromatic carbocycles. The fourth-order valence-electron chi connectivity index (χ4n) is 18.4. The number of aromatic nitrogens is 1. The van der Waals surface area contributed by atoms with Crippen molar-refractivity contribution in [2.24, 2.45) is 32.5 Å². The fourth-order valence-corrected chi connectivity index (χ4v) is 18.4. The summed E-state index contributed by atoms with van der Waals surface area (Å²) in [7, 11) is 0. The number of aryl methyl sites for hydroxylation is 2. The van der Waals surface area contributed by atoms with E-state index in [1.54, 1.807) is 5.56 Å². The summed E-state index contributed by atoms with van der Waals surface area (Å²) in [5.74, 6) is 0.480. The molecule has 0 unspecified atom stereocenters. The average Bonchev–Trinajstić information content (AvgIpc) is 3.11. The Balaban J connectivity index is 0.983. The number of aromatic hydroxyl groups is 1. The van der Waals surface area contributed by atoms with Gasteiger partial charge in [-0.1, -0.05) is 126 Å². The number of phenols is 1. The molecule has 8 fully saturated rings. The number of phenolic OH excluding ortho intramolecular Hbond substituents is 1. The normalized spacial score (nSPS) is 37.6. The molecule has 2 nitrogen and oxygen atoms in total. The van der Waals surface area contributed by atoms with Crippen LogP contribution in [0.1, 0.15) is 141 Å². The van der Waals surface area contributed by atoms with Crippen molar-refractivity contribution in [3.8, 4) is 50.5 Å². The first kappa shape index (κ1) is 37.8. The van der Waals surface area contributed by atoms with Crippen molar-refractivity contribution in [2.45, 2.75) is 143 Å². The van der Waals surface area contributed by atoms with Gasteiger partial charge in [-0.15, -0.1) is 0 Å². The zero-order valence-electron chi connectivity index (χ0n) is 37.1. The van der Waals surface area contributed by atoms with Crippen molar-refractivity contribution in [1.82, 2.24) is 4.98 Å². The van der Waals surface area contributed by atoms with Crippen LogP contribution in [0.5, 0.6) is 5.75 Å². The minimum absolute atomic E-state index is 0.00783. The summed E-state index contributed by atoms with van der Waals surface area (Å²) in [6, 6.07) is 36.1. The van der Waals surface area contributed by atoms with Gasteiger partial charge >= 0.3 is 0 Å². The van der Waals surface area contributed by atoms with Gasteiger partial charge in [-0.2, -0.15) is 0 Å². The Labute approximate surface area is 354 Å². The van der Waals surface area contributed by atoms with Gasteiger partial charge in [0.25, 0.3) is 0 Å². The molecule has 1 heterocycles. The van der Waals surface area contributed by atoms with E-state index in [4.69, 9.17) is 4.98 Å². The summed E-state index contributed by atoms with van der Waals surface area (Å²) in [6.45, 7) is 19.9. The van der Waals surface area contributed by atoms with E-state index in [0.29, 0.717) is 38.2 Å². The molecule has 304 valence electrons. The highest BCUT2D eigenvalue weighted by Gasteiger charge is 2.66. The minimum atomic E-state index is 0.00783. The van der Waals surface area contributed by atoms with Crippen molar-refractivity contribution < 1.29 is 5.11 Å². The SMILES string of the molecule is Cc1cc(-c2ccccc2-c2cccc(-c3ccccc3-c3cc(C)cc(C45CC6(C)CC(C)(CC(C)(C6)C4)C5)c3O)n2)cc(C23CC4(C)CC(C)(CC(C)(C4)C2)C3)c1. The topological polar surface area (TPSA) is 33.1 Å². The van der Waals surface area contributed by atoms with Crippen LogP contribution in [0.4, 0.5) is 0 Å². The number of rotatable bonds is 6. The lowest BCUT2D eigenvalue weighted by Gasteiger charge is -2.69. The van der Waals surface area contributed by atoms with Crippen LogP contribution in [0.2, 0.25) is 0 Å². The van der Waals surface area contributed by atoms with Gasteiger partial charge in [-0.05, 0) is 175 Å². The highest BCUT2D eigenvalue weighted by molar-refractivity contribution is 5.88. The van der Waals surface area contributed by atoms with E-state index >= 15 is 0 Å². The summed E-state index contributed by atoms with van der Waals surface area (Å²) in [5.41, 5.74) is 16.5. The second-order valence-electron chi connectivity index (χ2n) is 24.3. The summed E-state index contributed by atoms with van der Waals surface area (Å²) in [5, 5.41) is 12.6. The van der Waals surface area contributed by atoms with Crippen LogP contribution in [0.25, 0.3) is 44.8 Å². The number of hydrogen-bond acceptors (Lipinski definition) is 2. The Bertz CT molecular complexity index is 2470. The summed E-state index contributed by atoms with van der Waals surface area (Å²) in [4.78, 5) is 5.49. The van der Waals surface area contributed by atoms with Crippen molar-refractivity contribution in [1.29, 1.82) is 0 Å². The molecule has 8 aliphatic rings. The van der Waals surface area contributed by atoms with Gasteiger partial charge in [-0.3, -0.25) is 0 Å². The van der Waals surface area contributed by atoms with Crippen molar-refractivity contribution >= 4 is 0 Å². The van der Waals surface area contributed by atoms with E-state index in [-0.39, 0.29) is 10.8 Å². The zero-order valence-corrected chi connectivity index (χ0v) is 37.1. The van der Waals surface area contributed by atoms with Crippen LogP contribution in [0, 0.1) is 46.3 Å². The molecular weight excluding hydrogens is 715 g/mol. The number of pyridine rings is 1. The van der Waals surface area contributed by atoms with E-state index in [9.17, 15) is 5.11 Å². The Morgan fingerprint density at radius 3 is 1.34 bits per heavy atom. The molecule has 1 aromatic heterocycles. The predicted octanol–water partition coefficient (Wildman–Crippen LogP) is 15.3. The Morgan fingerprint density at radius 1 is 0.407 bits per heavy atom. The first-order valence-corrected chi connectivity index (χ1v) is 22.9. The van der Waals surface area contributed by atoms with Crippen LogP contribution in [-0.2, 0) is 10.8 Å². The molecular formula is C57H65NO. The molecule has 2 heteroatoms. The maximum atomic E-state index is 12.6. The van der Waals surface area contributed by atoms with Crippen LogP contribution in [0.3, 0.4) is 0 Å². The van der Waals surface area contributed by atoms with Gasteiger partial charge in [0, 0.05) is 27.7 Å². The van der Waals surface area contributed by atoms with Gasteiger partial charge in [-0.25, -0.2) is 4.98 Å². The molecule has 0 saturated heterocycles. The van der Waals surface area contributed by atoms with Gasteiger partial charge in [0.2, 0.25) is 0 Å². The molecule has 0 atom stereocenters. The van der Waals surface area contributed by atoms with Gasteiger partial charge in [0.1, 0.15) is 5.75 Å². The van der Waals surface area contributed by atoms with Crippen LogP contribution < -0.4 is 0 Å². The molecule has 1 N–H and O–H groups in total. The monoisotopic (exact) mass is 780 g/mol. The third-order valence-corrected chi connectivity index (χ3v) is 17.0. The first-order valence-electron chi connectivity index (χ1n) is 22.9. The molecule has 0 spiro atoms. The summed E-state index contributed by atoms with van der Waals surface area (Å²) < 4.78 is 0. The maximum Gasteiger partial charge on any atom is 0.127 e. The van der Waals surface area contributed by atoms with Crippen molar-refractivity contribution in [2.75, 3.05) is 0 Å². The Hall–Kier alpha value is -4.17.